The van der Waals surface area contributed by atoms with Crippen molar-refractivity contribution in [1.82, 2.24) is 14.8 Å². The van der Waals surface area contributed by atoms with Crippen LogP contribution in [0.5, 0.6) is 11.5 Å². The van der Waals surface area contributed by atoms with E-state index >= 15 is 0 Å². The van der Waals surface area contributed by atoms with Gasteiger partial charge in [0.25, 0.3) is 15.9 Å². The fourth-order valence-electron chi connectivity index (χ4n) is 5.42. The molecule has 1 amide bonds. The van der Waals surface area contributed by atoms with E-state index in [1.807, 2.05) is 4.72 Å². The van der Waals surface area contributed by atoms with Gasteiger partial charge in [-0.2, -0.15) is 13.9 Å². The molecule has 1 atom stereocenters. The number of pyridine rings is 1. The Morgan fingerprint density at radius 1 is 1.00 bits per heavy atom. The number of nitrogens with two attached hydrogens (primary N) is 1. The van der Waals surface area contributed by atoms with Crippen molar-refractivity contribution in [3.8, 4) is 22.8 Å². The molecule has 5 aromatic rings. The Kier molecular flexibility index (Phi) is 13.8. The van der Waals surface area contributed by atoms with Crippen LogP contribution in [0, 0.1) is 5.82 Å². The number of aromatic nitrogens is 3. The number of methoxy groups -OCH3 is 1. The molecule has 0 saturated heterocycles. The summed E-state index contributed by atoms with van der Waals surface area (Å²) in [6.07, 6.45) is 0.631. The number of nitrogens with one attached hydrogen (secondary N) is 2. The molecular formula is C39H43F3N6O8SSi. The third kappa shape index (κ3) is 11.4. The third-order valence-corrected chi connectivity index (χ3v) is 11.2. The Balaban J connectivity index is 1.50. The number of rotatable bonds is 19. The van der Waals surface area contributed by atoms with Crippen molar-refractivity contribution >= 4 is 47.3 Å². The van der Waals surface area contributed by atoms with Crippen molar-refractivity contribution in [1.29, 1.82) is 0 Å². The smallest absolute Gasteiger partial charge is 0.355 e. The largest absolute Gasteiger partial charge is 0.487 e. The Hall–Kier alpha value is -5.92. The first-order valence-electron chi connectivity index (χ1n) is 17.8. The molecule has 0 aliphatic rings. The van der Waals surface area contributed by atoms with Crippen LogP contribution in [0.3, 0.4) is 0 Å². The number of halogens is 3. The highest BCUT2D eigenvalue weighted by Gasteiger charge is 2.28. The molecular weight excluding hydrogens is 798 g/mol. The molecule has 0 spiro atoms. The Labute approximate surface area is 334 Å². The fraction of sp³-hybridized carbons (Fsp3) is 0.282. The Morgan fingerprint density at radius 2 is 1.74 bits per heavy atom. The van der Waals surface area contributed by atoms with Crippen molar-refractivity contribution in [3.05, 3.63) is 113 Å². The van der Waals surface area contributed by atoms with Gasteiger partial charge in [0.05, 0.1) is 24.6 Å². The first kappa shape index (κ1) is 43.2. The minimum atomic E-state index is -5.13. The summed E-state index contributed by atoms with van der Waals surface area (Å²) in [7, 11) is -5.31. The van der Waals surface area contributed by atoms with Gasteiger partial charge in [0.2, 0.25) is 0 Å². The Morgan fingerprint density at radius 3 is 2.38 bits per heavy atom. The highest BCUT2D eigenvalue weighted by molar-refractivity contribution is 7.93. The summed E-state index contributed by atoms with van der Waals surface area (Å²) in [5.74, 6) is -5.03. The number of hydrogen-bond acceptors (Lipinski definition) is 11. The molecule has 4 N–H and O–H groups in total. The molecule has 2 heterocycles. The minimum absolute atomic E-state index is 0.0282. The van der Waals surface area contributed by atoms with E-state index in [0.29, 0.717) is 23.5 Å². The zero-order chi connectivity index (χ0) is 42.2. The SMILES string of the molecule is COC(=O)c1cccc(COc2ccc(Nc3c(C(N)=O)c(-c4ccc(NS(=O)(=O)C(F)F)c(OC(C)c5ccc(F)cc5)c4)nn3COCC[Si](C)(C)C)nc2)c1. The summed E-state index contributed by atoms with van der Waals surface area (Å²) in [4.78, 5) is 29.6. The highest BCUT2D eigenvalue weighted by Crippen LogP contribution is 2.38. The zero-order valence-corrected chi connectivity index (χ0v) is 34.1. The predicted molar refractivity (Wildman–Crippen MR) is 214 cm³/mol. The van der Waals surface area contributed by atoms with E-state index < -0.39 is 47.7 Å². The number of alkyl halides is 2. The van der Waals surface area contributed by atoms with Gasteiger partial charge in [-0.1, -0.05) is 50.0 Å². The van der Waals surface area contributed by atoms with Crippen LogP contribution in [0.4, 0.5) is 30.5 Å². The molecule has 5 rings (SSSR count). The molecule has 0 radical (unpaired) electrons. The molecule has 3 aromatic carbocycles. The summed E-state index contributed by atoms with van der Waals surface area (Å²) in [6, 6.07) is 20.1. The maximum Gasteiger partial charge on any atom is 0.355 e. The zero-order valence-electron chi connectivity index (χ0n) is 32.3. The normalized spacial score (nSPS) is 12.2. The van der Waals surface area contributed by atoms with Crippen LogP contribution < -0.4 is 25.2 Å². The van der Waals surface area contributed by atoms with Crippen molar-refractivity contribution in [3.63, 3.8) is 0 Å². The lowest BCUT2D eigenvalue weighted by atomic mass is 10.1. The molecule has 0 aliphatic heterocycles. The number of primary amides is 1. The summed E-state index contributed by atoms with van der Waals surface area (Å²) in [5.41, 5.74) is 7.37. The third-order valence-electron chi connectivity index (χ3n) is 8.53. The Bertz CT molecular complexity index is 2340. The lowest BCUT2D eigenvalue weighted by molar-refractivity contribution is 0.0600. The van der Waals surface area contributed by atoms with Crippen molar-refractivity contribution < 1.29 is 50.1 Å². The van der Waals surface area contributed by atoms with Gasteiger partial charge in [-0.3, -0.25) is 9.52 Å². The van der Waals surface area contributed by atoms with E-state index in [1.165, 1.54) is 60.5 Å². The number of nitrogens with zero attached hydrogens (tertiary/aromatic N) is 3. The maximum absolute atomic E-state index is 13.6. The number of esters is 1. The molecule has 0 fully saturated rings. The average molecular weight is 841 g/mol. The second-order valence-electron chi connectivity index (χ2n) is 14.2. The summed E-state index contributed by atoms with van der Waals surface area (Å²) >= 11 is 0. The van der Waals surface area contributed by atoms with Crippen LogP contribution >= 0.6 is 0 Å². The van der Waals surface area contributed by atoms with Gasteiger partial charge in [0, 0.05) is 20.2 Å². The maximum atomic E-state index is 13.6. The van der Waals surface area contributed by atoms with Crippen molar-refractivity contribution in [2.75, 3.05) is 23.8 Å². The molecule has 0 aliphatic carbocycles. The van der Waals surface area contributed by atoms with E-state index in [2.05, 4.69) is 35.0 Å². The van der Waals surface area contributed by atoms with Crippen molar-refractivity contribution in [2.45, 2.75) is 57.8 Å². The summed E-state index contributed by atoms with van der Waals surface area (Å²) in [6.45, 7) is 8.60. The van der Waals surface area contributed by atoms with Crippen LogP contribution in [-0.4, -0.2) is 62.6 Å². The van der Waals surface area contributed by atoms with Crippen LogP contribution in [0.1, 0.15) is 44.9 Å². The quantitative estimate of drug-likeness (QED) is 0.0420. The van der Waals surface area contributed by atoms with E-state index in [-0.39, 0.29) is 53.2 Å². The van der Waals surface area contributed by atoms with Crippen LogP contribution in [-0.2, 0) is 32.8 Å². The molecule has 0 bridgehead atoms. The molecule has 1 unspecified atom stereocenters. The number of ether oxygens (including phenoxy) is 4. The van der Waals surface area contributed by atoms with Gasteiger partial charge < -0.3 is 30.0 Å². The van der Waals surface area contributed by atoms with Gasteiger partial charge >= 0.3 is 11.7 Å². The second-order valence-corrected chi connectivity index (χ2v) is 21.5. The molecule has 308 valence electrons. The van der Waals surface area contributed by atoms with Crippen molar-refractivity contribution in [2.24, 2.45) is 5.73 Å². The number of carbonyl (C=O) groups is 2. The lowest BCUT2D eigenvalue weighted by Crippen LogP contribution is -2.22. The monoisotopic (exact) mass is 840 g/mol. The topological polar surface area (TPSA) is 186 Å². The average Bonchev–Trinajstić information content (AvgIpc) is 3.54. The molecule has 19 heteroatoms. The predicted octanol–water partition coefficient (Wildman–Crippen LogP) is 7.71. The molecule has 2 aromatic heterocycles. The first-order valence-corrected chi connectivity index (χ1v) is 23.1. The summed E-state index contributed by atoms with van der Waals surface area (Å²) < 4.78 is 90.9. The number of sulfonamides is 1. The minimum Gasteiger partial charge on any atom is -0.487 e. The van der Waals surface area contributed by atoms with Gasteiger partial charge in [0.1, 0.15) is 59.7 Å². The van der Waals surface area contributed by atoms with Gasteiger partial charge in [-0.15, -0.1) is 0 Å². The van der Waals surface area contributed by atoms with Crippen LogP contribution in [0.2, 0.25) is 25.7 Å². The molecule has 0 saturated carbocycles. The van der Waals surface area contributed by atoms with E-state index in [9.17, 15) is 31.2 Å². The van der Waals surface area contributed by atoms with E-state index in [1.54, 1.807) is 43.3 Å². The number of benzene rings is 3. The first-order chi connectivity index (χ1) is 27.4. The number of anilines is 3. The van der Waals surface area contributed by atoms with E-state index in [4.69, 9.17) is 24.7 Å². The van der Waals surface area contributed by atoms with E-state index in [0.717, 1.165) is 11.6 Å². The summed E-state index contributed by atoms with van der Waals surface area (Å²) in [5, 5.41) is 7.76. The number of hydrogen-bond donors (Lipinski definition) is 3. The molecule has 58 heavy (non-hydrogen) atoms. The standard InChI is InChI=1S/C39H43F3N6O8SSi/c1-24(26-9-12-29(40)13-10-26)56-32-20-27(11-15-31(32)47-57(51,52)39(41)42)35-34(36(43)49)37(48(46-35)23-54-17-18-58(3,4)5)45-33-16-14-30(21-44-33)55-22-25-7-6-8-28(19-25)38(50)53-2/h6-16,19-21,24,39,47H,17-18,22-23H2,1-5H3,(H2,43,49)(H,44,45). The number of amides is 1. The lowest BCUT2D eigenvalue weighted by Gasteiger charge is -2.19. The van der Waals surface area contributed by atoms with Gasteiger partial charge in [-0.25, -0.2) is 27.3 Å². The van der Waals surface area contributed by atoms with Gasteiger partial charge in [0.15, 0.2) is 0 Å². The van der Waals surface area contributed by atoms with Crippen LogP contribution in [0.25, 0.3) is 11.3 Å². The number of carbonyl (C=O) groups excluding carboxylic acids is 2. The highest BCUT2D eigenvalue weighted by atomic mass is 32.2. The fourth-order valence-corrected chi connectivity index (χ4v) is 6.74. The van der Waals surface area contributed by atoms with Crippen LogP contribution in [0.15, 0.2) is 85.1 Å². The molecule has 14 nitrogen and oxygen atoms in total. The second kappa shape index (κ2) is 18.6. The van der Waals surface area contributed by atoms with Gasteiger partial charge in [-0.05, 0) is 72.6 Å².